The first-order valence-corrected chi connectivity index (χ1v) is 4.32. The summed E-state index contributed by atoms with van der Waals surface area (Å²) >= 11 is 0. The molecule has 1 aliphatic carbocycles. The monoisotopic (exact) mass is 182 g/mol. The fourth-order valence-corrected chi connectivity index (χ4v) is 1.67. The van der Waals surface area contributed by atoms with Crippen LogP contribution >= 0.6 is 0 Å². The highest BCUT2D eigenvalue weighted by Crippen LogP contribution is 2.17. The lowest BCUT2D eigenvalue weighted by Crippen LogP contribution is -2.16. The molecular formula is C11H6N2O. The average Bonchev–Trinajstić information content (AvgIpc) is 2.65. The molecule has 0 unspecified atom stereocenters. The van der Waals surface area contributed by atoms with E-state index in [-0.39, 0.29) is 5.78 Å². The van der Waals surface area contributed by atoms with E-state index in [0.717, 1.165) is 21.7 Å². The van der Waals surface area contributed by atoms with Crippen LogP contribution in [0.1, 0.15) is 5.56 Å². The van der Waals surface area contributed by atoms with E-state index >= 15 is 0 Å². The van der Waals surface area contributed by atoms with Gasteiger partial charge in [0.25, 0.3) is 0 Å². The molecule has 0 saturated heterocycles. The third-order valence-electron chi connectivity index (χ3n) is 2.35. The van der Waals surface area contributed by atoms with Gasteiger partial charge in [0.15, 0.2) is 5.78 Å². The van der Waals surface area contributed by atoms with Gasteiger partial charge < -0.3 is 0 Å². The molecule has 3 heteroatoms. The lowest BCUT2D eigenvalue weighted by molar-refractivity contribution is -0.109. The summed E-state index contributed by atoms with van der Waals surface area (Å²) < 4.78 is 0. The van der Waals surface area contributed by atoms with E-state index in [2.05, 4.69) is 10.2 Å². The Hall–Kier alpha value is -2.03. The largest absolute Gasteiger partial charge is 0.290 e. The highest BCUT2D eigenvalue weighted by atomic mass is 16.1. The molecule has 3 nitrogen and oxygen atoms in total. The molecule has 14 heavy (non-hydrogen) atoms. The van der Waals surface area contributed by atoms with Crippen LogP contribution in [0.5, 0.6) is 0 Å². The van der Waals surface area contributed by atoms with Crippen molar-refractivity contribution in [2.24, 2.45) is 10.2 Å². The zero-order valence-corrected chi connectivity index (χ0v) is 7.27. The number of nitrogens with zero attached hydrogens (tertiary/aromatic N) is 2. The Morgan fingerprint density at radius 3 is 2.86 bits per heavy atom. The third-order valence-corrected chi connectivity index (χ3v) is 2.35. The van der Waals surface area contributed by atoms with Crippen LogP contribution in [0.2, 0.25) is 0 Å². The molecule has 0 bridgehead atoms. The van der Waals surface area contributed by atoms with Crippen LogP contribution in [0.3, 0.4) is 0 Å². The van der Waals surface area contributed by atoms with Crippen molar-refractivity contribution in [2.45, 2.75) is 0 Å². The van der Waals surface area contributed by atoms with Crippen molar-refractivity contribution in [2.75, 3.05) is 0 Å². The van der Waals surface area contributed by atoms with Crippen molar-refractivity contribution in [3.05, 3.63) is 34.2 Å². The Bertz CT molecular complexity index is 609. The number of rotatable bonds is 0. The first-order chi connectivity index (χ1) is 6.84. The lowest BCUT2D eigenvalue weighted by Gasteiger charge is -2.02. The topological polar surface area (TPSA) is 41.8 Å². The third kappa shape index (κ3) is 0.893. The second kappa shape index (κ2) is 2.48. The number of allylic oxidation sites excluding steroid dienone is 1. The molecule has 0 aromatic heterocycles. The van der Waals surface area contributed by atoms with Crippen molar-refractivity contribution in [1.82, 2.24) is 0 Å². The van der Waals surface area contributed by atoms with Crippen LogP contribution in [0.15, 0.2) is 28.4 Å². The molecule has 2 aliphatic rings. The van der Waals surface area contributed by atoms with E-state index in [9.17, 15) is 4.79 Å². The normalized spacial score (nSPS) is 15.9. The number of hydrogen-bond acceptors (Lipinski definition) is 3. The number of fused-ring (bicyclic) bond motifs is 3. The Morgan fingerprint density at radius 2 is 1.93 bits per heavy atom. The molecule has 66 valence electrons. The maximum absolute atomic E-state index is 11.1. The summed E-state index contributed by atoms with van der Waals surface area (Å²) in [7, 11) is 0. The predicted octanol–water partition coefficient (Wildman–Crippen LogP) is 0.898. The molecule has 0 atom stereocenters. The van der Waals surface area contributed by atoms with Crippen LogP contribution in [0.25, 0.3) is 18.4 Å². The van der Waals surface area contributed by atoms with Gasteiger partial charge in [0.1, 0.15) is 5.69 Å². The van der Waals surface area contributed by atoms with Crippen LogP contribution < -0.4 is 10.4 Å². The number of benzene rings is 1. The molecule has 1 aromatic carbocycles. The molecule has 1 aliphatic heterocycles. The van der Waals surface area contributed by atoms with Crippen molar-refractivity contribution in [3.63, 3.8) is 0 Å². The van der Waals surface area contributed by atoms with Crippen molar-refractivity contribution < 1.29 is 4.79 Å². The van der Waals surface area contributed by atoms with Crippen LogP contribution in [-0.4, -0.2) is 5.78 Å². The van der Waals surface area contributed by atoms with Gasteiger partial charge in [-0.1, -0.05) is 12.1 Å². The van der Waals surface area contributed by atoms with E-state index in [1.807, 2.05) is 12.1 Å². The van der Waals surface area contributed by atoms with E-state index in [0.29, 0.717) is 0 Å². The minimum atomic E-state index is 0.0244. The fourth-order valence-electron chi connectivity index (χ4n) is 1.67. The highest BCUT2D eigenvalue weighted by molar-refractivity contribution is 6.17. The van der Waals surface area contributed by atoms with E-state index in [1.54, 1.807) is 24.4 Å². The summed E-state index contributed by atoms with van der Waals surface area (Å²) in [5.74, 6) is 0.0244. The van der Waals surface area contributed by atoms with Gasteiger partial charge in [0.05, 0.1) is 6.20 Å². The minimum Gasteiger partial charge on any atom is -0.290 e. The lowest BCUT2D eigenvalue weighted by atomic mass is 10.0. The second-order valence-corrected chi connectivity index (χ2v) is 3.23. The maximum atomic E-state index is 11.1. The fraction of sp³-hybridized carbons (Fsp3) is 0. The summed E-state index contributed by atoms with van der Waals surface area (Å²) in [5.41, 5.74) is 1.85. The number of carbonyl (C=O) groups is 1. The van der Waals surface area contributed by atoms with Crippen LogP contribution in [0, 0.1) is 0 Å². The molecule has 0 amide bonds. The molecule has 0 spiro atoms. The van der Waals surface area contributed by atoms with Gasteiger partial charge in [-0.25, -0.2) is 0 Å². The summed E-state index contributed by atoms with van der Waals surface area (Å²) in [6.45, 7) is 0. The molecule has 1 aromatic rings. The number of carbonyl (C=O) groups excluding carboxylic acids is 1. The second-order valence-electron chi connectivity index (χ2n) is 3.23. The predicted molar refractivity (Wildman–Crippen MR) is 53.2 cm³/mol. The molecule has 0 saturated carbocycles. The van der Waals surface area contributed by atoms with Gasteiger partial charge >= 0.3 is 0 Å². The van der Waals surface area contributed by atoms with Gasteiger partial charge in [0, 0.05) is 10.8 Å². The van der Waals surface area contributed by atoms with Crippen LogP contribution in [-0.2, 0) is 4.79 Å². The molecule has 0 N–H and O–H groups in total. The molecule has 3 rings (SSSR count). The average molecular weight is 182 g/mol. The Morgan fingerprint density at radius 1 is 1.07 bits per heavy atom. The summed E-state index contributed by atoms with van der Waals surface area (Å²) in [6.07, 6.45) is 6.69. The molecule has 1 heterocycles. The quantitative estimate of drug-likeness (QED) is 0.587. The Labute approximate surface area is 79.8 Å². The van der Waals surface area contributed by atoms with Gasteiger partial charge in [-0.15, -0.1) is 5.11 Å². The standard InChI is InChI=1S/C11H6N2O/c14-9-3-4-10-7(5-9)1-2-8-6-12-13-11(8)10/h1-6H. The van der Waals surface area contributed by atoms with Crippen molar-refractivity contribution >= 4 is 29.8 Å². The molecule has 0 fully saturated rings. The maximum Gasteiger partial charge on any atom is 0.179 e. The van der Waals surface area contributed by atoms with E-state index < -0.39 is 0 Å². The number of hydrogen-bond donors (Lipinski definition) is 0. The van der Waals surface area contributed by atoms with Crippen LogP contribution in [0.4, 0.5) is 5.69 Å². The highest BCUT2D eigenvalue weighted by Gasteiger charge is 2.09. The van der Waals surface area contributed by atoms with E-state index in [1.165, 1.54) is 0 Å². The smallest absolute Gasteiger partial charge is 0.179 e. The number of ketones is 1. The first-order valence-electron chi connectivity index (χ1n) is 4.32. The zero-order chi connectivity index (χ0) is 9.54. The Kier molecular flexibility index (Phi) is 1.31. The zero-order valence-electron chi connectivity index (χ0n) is 7.27. The van der Waals surface area contributed by atoms with Crippen molar-refractivity contribution in [3.8, 4) is 0 Å². The summed E-state index contributed by atoms with van der Waals surface area (Å²) in [4.78, 5) is 11.1. The minimum absolute atomic E-state index is 0.0244. The molecular weight excluding hydrogens is 176 g/mol. The summed E-state index contributed by atoms with van der Waals surface area (Å²) in [5, 5.41) is 9.80. The number of azo groups is 1. The Balaban J connectivity index is 2.48. The SMILES string of the molecule is O=C1C=Cc2c3c(ccc2=C1)=CN=N3. The summed E-state index contributed by atoms with van der Waals surface area (Å²) in [6, 6.07) is 3.85. The van der Waals surface area contributed by atoms with Crippen molar-refractivity contribution in [1.29, 1.82) is 0 Å². The molecule has 0 radical (unpaired) electrons. The van der Waals surface area contributed by atoms with Gasteiger partial charge in [-0.2, -0.15) is 5.11 Å². The van der Waals surface area contributed by atoms with Gasteiger partial charge in [-0.3, -0.25) is 4.79 Å². The van der Waals surface area contributed by atoms with E-state index in [4.69, 9.17) is 0 Å². The van der Waals surface area contributed by atoms with Gasteiger partial charge in [-0.05, 0) is 23.4 Å². The first kappa shape index (κ1) is 7.38. The van der Waals surface area contributed by atoms with Gasteiger partial charge in [0.2, 0.25) is 0 Å².